The fourth-order valence-electron chi connectivity index (χ4n) is 1.40. The summed E-state index contributed by atoms with van der Waals surface area (Å²) in [5.41, 5.74) is -2.52. The minimum absolute atomic E-state index is 0.325. The number of nitrogens with zero attached hydrogens (tertiary/aromatic N) is 4. The number of carbonyl (C=O) groups is 1. The molecule has 0 saturated carbocycles. The van der Waals surface area contributed by atoms with E-state index in [0.717, 1.165) is 6.07 Å². The smallest absolute Gasteiger partial charge is 0.313 e. The molecule has 0 aliphatic heterocycles. The van der Waals surface area contributed by atoms with Crippen LogP contribution in [0.1, 0.15) is 16.2 Å². The number of hydrogen-bond donors (Lipinski definition) is 2. The maximum Gasteiger partial charge on any atom is 0.416 e. The third-order valence-corrected chi connectivity index (χ3v) is 2.32. The summed E-state index contributed by atoms with van der Waals surface area (Å²) in [4.78, 5) is 21.4. The monoisotopic (exact) mass is 302 g/mol. The number of halogens is 3. The zero-order valence-corrected chi connectivity index (χ0v) is 9.88. The first-order valence-corrected chi connectivity index (χ1v) is 5.19. The molecule has 12 heteroatoms. The van der Waals surface area contributed by atoms with E-state index in [2.05, 4.69) is 15.4 Å². The molecule has 0 fully saturated rings. The first-order chi connectivity index (χ1) is 9.79. The topological polar surface area (TPSA) is 127 Å². The first kappa shape index (κ1) is 14.4. The maximum absolute atomic E-state index is 12.5. The number of anilines is 1. The second-order valence-corrected chi connectivity index (χ2v) is 3.68. The highest BCUT2D eigenvalue weighted by molar-refractivity contribution is 6.02. The van der Waals surface area contributed by atoms with E-state index < -0.39 is 39.8 Å². The number of hydrogen-bond acceptors (Lipinski definition) is 6. The van der Waals surface area contributed by atoms with E-state index in [-0.39, 0.29) is 0 Å². The third kappa shape index (κ3) is 3.10. The van der Waals surface area contributed by atoms with E-state index in [1.165, 1.54) is 0 Å². The Morgan fingerprint density at radius 1 is 1.38 bits per heavy atom. The summed E-state index contributed by atoms with van der Waals surface area (Å²) < 4.78 is 37.5. The number of aromatic nitrogens is 4. The standard InChI is InChI=1S/C9H5F3N6O3/c10-9(11,12)4-1-2-5(6(3-4)18(20)21)13-8(19)7-14-16-17-15-7/h1-3H,(H,13,19)(H,14,15,16,17). The molecule has 0 unspecified atom stereocenters. The molecule has 0 saturated heterocycles. The Labute approximate surface area is 113 Å². The molecule has 1 amide bonds. The van der Waals surface area contributed by atoms with Crippen LogP contribution >= 0.6 is 0 Å². The van der Waals surface area contributed by atoms with Gasteiger partial charge in [0.1, 0.15) is 5.69 Å². The van der Waals surface area contributed by atoms with E-state index >= 15 is 0 Å². The Bertz CT molecular complexity index is 685. The number of tetrazole rings is 1. The Morgan fingerprint density at radius 3 is 2.62 bits per heavy atom. The lowest BCUT2D eigenvalue weighted by Gasteiger charge is -2.08. The quantitative estimate of drug-likeness (QED) is 0.651. The summed E-state index contributed by atoms with van der Waals surface area (Å²) in [6, 6.07) is 1.71. The van der Waals surface area contributed by atoms with Crippen molar-refractivity contribution in [2.24, 2.45) is 0 Å². The molecule has 0 aliphatic carbocycles. The van der Waals surface area contributed by atoms with Gasteiger partial charge in [0.2, 0.25) is 0 Å². The van der Waals surface area contributed by atoms with Crippen LogP contribution < -0.4 is 5.32 Å². The van der Waals surface area contributed by atoms with E-state index in [1.54, 1.807) is 0 Å². The average Bonchev–Trinajstić information content (AvgIpc) is 2.91. The van der Waals surface area contributed by atoms with Crippen molar-refractivity contribution in [3.63, 3.8) is 0 Å². The number of amides is 1. The predicted octanol–water partition coefficient (Wildman–Crippen LogP) is 1.38. The van der Waals surface area contributed by atoms with Gasteiger partial charge in [0.05, 0.1) is 10.5 Å². The van der Waals surface area contributed by atoms with E-state index in [0.29, 0.717) is 12.1 Å². The fourth-order valence-corrected chi connectivity index (χ4v) is 1.40. The first-order valence-electron chi connectivity index (χ1n) is 5.19. The van der Waals surface area contributed by atoms with E-state index in [9.17, 15) is 28.1 Å². The van der Waals surface area contributed by atoms with Gasteiger partial charge in [0.15, 0.2) is 0 Å². The van der Waals surface area contributed by atoms with Gasteiger partial charge in [-0.1, -0.05) is 0 Å². The predicted molar refractivity (Wildman–Crippen MR) is 60.2 cm³/mol. The molecule has 0 atom stereocenters. The molecule has 1 heterocycles. The molecular formula is C9H5F3N6O3. The minimum Gasteiger partial charge on any atom is -0.313 e. The van der Waals surface area contributed by atoms with Crippen molar-refractivity contribution in [1.29, 1.82) is 0 Å². The van der Waals surface area contributed by atoms with Crippen LogP contribution in [0.2, 0.25) is 0 Å². The molecule has 0 radical (unpaired) electrons. The lowest BCUT2D eigenvalue weighted by atomic mass is 10.1. The van der Waals surface area contributed by atoms with Crippen LogP contribution in [0.4, 0.5) is 24.5 Å². The second kappa shape index (κ2) is 5.15. The molecule has 2 N–H and O–H groups in total. The van der Waals surface area contributed by atoms with Crippen molar-refractivity contribution in [3.05, 3.63) is 39.7 Å². The lowest BCUT2D eigenvalue weighted by Crippen LogP contribution is -2.15. The second-order valence-electron chi connectivity index (χ2n) is 3.68. The van der Waals surface area contributed by atoms with Crippen LogP contribution in [0.3, 0.4) is 0 Å². The van der Waals surface area contributed by atoms with E-state index in [4.69, 9.17) is 0 Å². The number of benzene rings is 1. The largest absolute Gasteiger partial charge is 0.416 e. The number of rotatable bonds is 3. The molecule has 21 heavy (non-hydrogen) atoms. The number of nitro groups is 1. The van der Waals surface area contributed by atoms with Crippen LogP contribution in [0.25, 0.3) is 0 Å². The maximum atomic E-state index is 12.5. The van der Waals surface area contributed by atoms with Gasteiger partial charge in [-0.25, -0.2) is 0 Å². The van der Waals surface area contributed by atoms with E-state index in [1.807, 2.05) is 10.5 Å². The SMILES string of the molecule is O=C(Nc1ccc(C(F)(F)F)cc1[N+](=O)[O-])c1nn[nH]n1. The Hall–Kier alpha value is -3.05. The molecule has 0 bridgehead atoms. The highest BCUT2D eigenvalue weighted by Gasteiger charge is 2.33. The zero-order chi connectivity index (χ0) is 15.6. The molecule has 2 aromatic rings. The van der Waals surface area contributed by atoms with Crippen molar-refractivity contribution in [2.75, 3.05) is 5.32 Å². The van der Waals surface area contributed by atoms with Crippen molar-refractivity contribution < 1.29 is 22.9 Å². The number of carbonyl (C=O) groups excluding carboxylic acids is 1. The normalized spacial score (nSPS) is 11.2. The van der Waals surface area contributed by atoms with Crippen molar-refractivity contribution in [1.82, 2.24) is 20.6 Å². The van der Waals surface area contributed by atoms with Crippen molar-refractivity contribution in [2.45, 2.75) is 6.18 Å². The Kier molecular flexibility index (Phi) is 3.52. The minimum atomic E-state index is -4.74. The summed E-state index contributed by atoms with van der Waals surface area (Å²) in [5.74, 6) is -1.36. The summed E-state index contributed by atoms with van der Waals surface area (Å²) >= 11 is 0. The van der Waals surface area contributed by atoms with Crippen LogP contribution in [0, 0.1) is 10.1 Å². The molecule has 110 valence electrons. The number of nitro benzene ring substituents is 1. The molecule has 2 rings (SSSR count). The summed E-state index contributed by atoms with van der Waals surface area (Å²) in [7, 11) is 0. The van der Waals surface area contributed by atoms with Crippen LogP contribution in [-0.2, 0) is 6.18 Å². The van der Waals surface area contributed by atoms with Crippen LogP contribution in [0.5, 0.6) is 0 Å². The van der Waals surface area contributed by atoms with Gasteiger partial charge < -0.3 is 5.32 Å². The molecule has 1 aromatic carbocycles. The van der Waals surface area contributed by atoms with Gasteiger partial charge in [-0.15, -0.1) is 10.2 Å². The summed E-state index contributed by atoms with van der Waals surface area (Å²) in [6.45, 7) is 0. The molecule has 0 aliphatic rings. The van der Waals surface area contributed by atoms with Gasteiger partial charge in [0, 0.05) is 6.07 Å². The Morgan fingerprint density at radius 2 is 2.10 bits per heavy atom. The number of alkyl halides is 3. The van der Waals surface area contributed by atoms with Gasteiger partial charge in [-0.3, -0.25) is 14.9 Å². The average molecular weight is 302 g/mol. The van der Waals surface area contributed by atoms with Crippen LogP contribution in [0.15, 0.2) is 18.2 Å². The Balaban J connectivity index is 2.35. The highest BCUT2D eigenvalue weighted by atomic mass is 19.4. The number of H-pyrrole nitrogens is 1. The lowest BCUT2D eigenvalue weighted by molar-refractivity contribution is -0.384. The third-order valence-electron chi connectivity index (χ3n) is 2.32. The molecule has 1 aromatic heterocycles. The van der Waals surface area contributed by atoms with Gasteiger partial charge in [0.25, 0.3) is 17.4 Å². The van der Waals surface area contributed by atoms with Crippen molar-refractivity contribution >= 4 is 17.3 Å². The number of aromatic amines is 1. The fraction of sp³-hybridized carbons (Fsp3) is 0.111. The molecule has 9 nitrogen and oxygen atoms in total. The van der Waals surface area contributed by atoms with Crippen LogP contribution in [-0.4, -0.2) is 31.5 Å². The summed E-state index contributed by atoms with van der Waals surface area (Å²) in [5, 5.41) is 24.6. The van der Waals surface area contributed by atoms with Crippen molar-refractivity contribution in [3.8, 4) is 0 Å². The highest BCUT2D eigenvalue weighted by Crippen LogP contribution is 2.34. The van der Waals surface area contributed by atoms with Gasteiger partial charge in [-0.05, 0) is 17.3 Å². The summed E-state index contributed by atoms with van der Waals surface area (Å²) in [6.07, 6.45) is -4.74. The zero-order valence-electron chi connectivity index (χ0n) is 9.88. The molecular weight excluding hydrogens is 297 g/mol. The number of nitrogens with one attached hydrogen (secondary N) is 2. The molecule has 0 spiro atoms. The van der Waals surface area contributed by atoms with Gasteiger partial charge >= 0.3 is 6.18 Å². The van der Waals surface area contributed by atoms with Gasteiger partial charge in [-0.2, -0.15) is 18.4 Å².